The van der Waals surface area contributed by atoms with E-state index in [1.165, 1.54) is 0 Å². The van der Waals surface area contributed by atoms with Gasteiger partial charge in [-0.05, 0) is 33.6 Å². The number of hydrogen-bond acceptors (Lipinski definition) is 3. The Morgan fingerprint density at radius 3 is 2.25 bits per heavy atom. The van der Waals surface area contributed by atoms with Gasteiger partial charge in [0.15, 0.2) is 0 Å². The fourth-order valence-corrected chi connectivity index (χ4v) is 1.13. The van der Waals surface area contributed by atoms with E-state index in [9.17, 15) is 4.79 Å². The Balaban J connectivity index is 4.11. The van der Waals surface area contributed by atoms with Gasteiger partial charge in [-0.3, -0.25) is 4.79 Å². The maximum Gasteiger partial charge on any atom is 0.303 e. The van der Waals surface area contributed by atoms with E-state index in [1.807, 2.05) is 27.7 Å². The molecule has 0 aliphatic carbocycles. The Morgan fingerprint density at radius 1 is 1.31 bits per heavy atom. The largest absolute Gasteiger partial charge is 0.481 e. The van der Waals surface area contributed by atoms with Gasteiger partial charge in [0, 0.05) is 13.5 Å². The minimum atomic E-state index is -0.790. The molecule has 1 N–H and O–H groups in total. The first-order chi connectivity index (χ1) is 7.24. The number of carbonyl (C=O) groups is 1. The summed E-state index contributed by atoms with van der Waals surface area (Å²) in [6.07, 6.45) is 1.49. The van der Waals surface area contributed by atoms with E-state index >= 15 is 0 Å². The standard InChI is InChI=1S/C12H24O4/c1-6-12(4,15-5)9-16-11(2,3)8-7-10(13)14/h6-9H2,1-5H3,(H,13,14). The average molecular weight is 232 g/mol. The molecule has 1 atom stereocenters. The molecule has 0 amide bonds. The Bertz CT molecular complexity index is 219. The average Bonchev–Trinajstić information content (AvgIpc) is 2.24. The second kappa shape index (κ2) is 6.21. The number of methoxy groups -OCH3 is 1. The van der Waals surface area contributed by atoms with Crippen molar-refractivity contribution < 1.29 is 19.4 Å². The molecule has 96 valence electrons. The van der Waals surface area contributed by atoms with Crippen LogP contribution in [0.4, 0.5) is 0 Å². The first kappa shape index (κ1) is 15.4. The van der Waals surface area contributed by atoms with Crippen LogP contribution >= 0.6 is 0 Å². The zero-order valence-electron chi connectivity index (χ0n) is 11.0. The van der Waals surface area contributed by atoms with Crippen LogP contribution in [0.5, 0.6) is 0 Å². The van der Waals surface area contributed by atoms with Gasteiger partial charge in [0.2, 0.25) is 0 Å². The van der Waals surface area contributed by atoms with Crippen LogP contribution in [0.3, 0.4) is 0 Å². The molecule has 0 bridgehead atoms. The highest BCUT2D eigenvalue weighted by Crippen LogP contribution is 2.22. The summed E-state index contributed by atoms with van der Waals surface area (Å²) in [4.78, 5) is 10.5. The smallest absolute Gasteiger partial charge is 0.303 e. The lowest BCUT2D eigenvalue weighted by Gasteiger charge is -2.32. The number of ether oxygens (including phenoxy) is 2. The van der Waals surface area contributed by atoms with Gasteiger partial charge in [0.05, 0.1) is 17.8 Å². The number of rotatable bonds is 8. The molecule has 0 aliphatic rings. The highest BCUT2D eigenvalue weighted by molar-refractivity contribution is 5.66. The first-order valence-corrected chi connectivity index (χ1v) is 5.65. The lowest BCUT2D eigenvalue weighted by Crippen LogP contribution is -2.38. The summed E-state index contributed by atoms with van der Waals surface area (Å²) in [5, 5.41) is 8.62. The molecular weight excluding hydrogens is 208 g/mol. The molecule has 4 nitrogen and oxygen atoms in total. The van der Waals surface area contributed by atoms with E-state index in [-0.39, 0.29) is 12.0 Å². The van der Waals surface area contributed by atoms with Gasteiger partial charge in [0.1, 0.15) is 0 Å². The van der Waals surface area contributed by atoms with Gasteiger partial charge in [-0.15, -0.1) is 0 Å². The maximum atomic E-state index is 10.5. The molecule has 0 spiro atoms. The topological polar surface area (TPSA) is 55.8 Å². The van der Waals surface area contributed by atoms with Crippen LogP contribution in [-0.4, -0.2) is 36.0 Å². The SMILES string of the molecule is CCC(C)(COC(C)(C)CCC(=O)O)OC. The molecule has 16 heavy (non-hydrogen) atoms. The Kier molecular flexibility index (Phi) is 5.97. The molecule has 0 radical (unpaired) electrons. The molecule has 0 aromatic carbocycles. The molecule has 0 heterocycles. The zero-order valence-corrected chi connectivity index (χ0v) is 11.0. The van der Waals surface area contributed by atoms with Crippen molar-refractivity contribution in [1.82, 2.24) is 0 Å². The van der Waals surface area contributed by atoms with Crippen molar-refractivity contribution in [2.45, 2.75) is 58.2 Å². The Labute approximate surface area is 97.9 Å². The second-order valence-electron chi connectivity index (χ2n) is 4.95. The molecule has 1 unspecified atom stereocenters. The minimum Gasteiger partial charge on any atom is -0.481 e. The van der Waals surface area contributed by atoms with Crippen LogP contribution in [0.2, 0.25) is 0 Å². The molecule has 0 saturated carbocycles. The fraction of sp³-hybridized carbons (Fsp3) is 0.917. The summed E-state index contributed by atoms with van der Waals surface area (Å²) in [6, 6.07) is 0. The van der Waals surface area contributed by atoms with Crippen molar-refractivity contribution in [3.63, 3.8) is 0 Å². The molecule has 0 aromatic heterocycles. The third-order valence-corrected chi connectivity index (χ3v) is 2.95. The Hall–Kier alpha value is -0.610. The van der Waals surface area contributed by atoms with Gasteiger partial charge in [-0.25, -0.2) is 0 Å². The van der Waals surface area contributed by atoms with Gasteiger partial charge in [-0.1, -0.05) is 6.92 Å². The van der Waals surface area contributed by atoms with Crippen molar-refractivity contribution >= 4 is 5.97 Å². The lowest BCUT2D eigenvalue weighted by atomic mass is 10.0. The van der Waals surface area contributed by atoms with Gasteiger partial charge < -0.3 is 14.6 Å². The van der Waals surface area contributed by atoms with E-state index in [4.69, 9.17) is 14.6 Å². The molecule has 0 aliphatic heterocycles. The van der Waals surface area contributed by atoms with Crippen molar-refractivity contribution in [2.24, 2.45) is 0 Å². The first-order valence-electron chi connectivity index (χ1n) is 5.65. The second-order valence-corrected chi connectivity index (χ2v) is 4.95. The summed E-state index contributed by atoms with van der Waals surface area (Å²) in [5.41, 5.74) is -0.714. The predicted octanol–water partition coefficient (Wildman–Crippen LogP) is 2.46. The number of carboxylic acid groups (broad SMARTS) is 1. The van der Waals surface area contributed by atoms with Crippen molar-refractivity contribution in [2.75, 3.05) is 13.7 Å². The number of carboxylic acids is 1. The maximum absolute atomic E-state index is 10.5. The third-order valence-electron chi connectivity index (χ3n) is 2.95. The van der Waals surface area contributed by atoms with E-state index in [0.717, 1.165) is 6.42 Å². The van der Waals surface area contributed by atoms with Crippen LogP contribution in [0.25, 0.3) is 0 Å². The summed E-state index contributed by atoms with van der Waals surface area (Å²) in [6.45, 7) is 8.31. The monoisotopic (exact) mass is 232 g/mol. The van der Waals surface area contributed by atoms with E-state index in [0.29, 0.717) is 13.0 Å². The zero-order chi connectivity index (χ0) is 12.8. The molecular formula is C12H24O4. The summed E-state index contributed by atoms with van der Waals surface area (Å²) in [7, 11) is 1.66. The van der Waals surface area contributed by atoms with E-state index < -0.39 is 11.6 Å². The molecule has 4 heteroatoms. The normalized spacial score (nSPS) is 15.8. The van der Waals surface area contributed by atoms with Crippen LogP contribution in [0.15, 0.2) is 0 Å². The van der Waals surface area contributed by atoms with Gasteiger partial charge >= 0.3 is 5.97 Å². The van der Waals surface area contributed by atoms with E-state index in [1.54, 1.807) is 7.11 Å². The van der Waals surface area contributed by atoms with Crippen LogP contribution in [-0.2, 0) is 14.3 Å². The summed E-state index contributed by atoms with van der Waals surface area (Å²) in [5.74, 6) is -0.790. The number of hydrogen-bond donors (Lipinski definition) is 1. The van der Waals surface area contributed by atoms with Crippen LogP contribution < -0.4 is 0 Å². The van der Waals surface area contributed by atoms with Gasteiger partial charge in [0.25, 0.3) is 0 Å². The van der Waals surface area contributed by atoms with Crippen LogP contribution in [0, 0.1) is 0 Å². The Morgan fingerprint density at radius 2 is 1.88 bits per heavy atom. The van der Waals surface area contributed by atoms with Crippen molar-refractivity contribution in [1.29, 1.82) is 0 Å². The molecule has 0 fully saturated rings. The lowest BCUT2D eigenvalue weighted by molar-refractivity contribution is -0.141. The summed E-state index contributed by atoms with van der Waals surface area (Å²) >= 11 is 0. The molecule has 0 saturated heterocycles. The molecule has 0 rings (SSSR count). The molecule has 0 aromatic rings. The third kappa shape index (κ3) is 6.08. The van der Waals surface area contributed by atoms with Crippen molar-refractivity contribution in [3.05, 3.63) is 0 Å². The van der Waals surface area contributed by atoms with E-state index in [2.05, 4.69) is 0 Å². The quantitative estimate of drug-likeness (QED) is 0.698. The minimum absolute atomic E-state index is 0.128. The van der Waals surface area contributed by atoms with Crippen LogP contribution in [0.1, 0.15) is 47.0 Å². The predicted molar refractivity (Wildman–Crippen MR) is 62.6 cm³/mol. The fourth-order valence-electron chi connectivity index (χ4n) is 1.13. The van der Waals surface area contributed by atoms with Gasteiger partial charge in [-0.2, -0.15) is 0 Å². The summed E-state index contributed by atoms with van der Waals surface area (Å²) < 4.78 is 11.1. The highest BCUT2D eigenvalue weighted by Gasteiger charge is 2.27. The highest BCUT2D eigenvalue weighted by atomic mass is 16.5. The van der Waals surface area contributed by atoms with Crippen molar-refractivity contribution in [3.8, 4) is 0 Å². The number of aliphatic carboxylic acids is 1.